The third kappa shape index (κ3) is 9.56. The summed E-state index contributed by atoms with van der Waals surface area (Å²) in [6, 6.07) is 13.8. The second-order valence-corrected chi connectivity index (χ2v) is 11.1. The van der Waals surface area contributed by atoms with Gasteiger partial charge in [0.15, 0.2) is 0 Å². The van der Waals surface area contributed by atoms with Crippen LogP contribution in [0.2, 0.25) is 0 Å². The van der Waals surface area contributed by atoms with E-state index in [1.54, 1.807) is 45.0 Å². The van der Waals surface area contributed by atoms with Crippen LogP contribution in [-0.4, -0.2) is 58.2 Å². The Hall–Kier alpha value is -3.83. The molecule has 2 unspecified atom stereocenters. The predicted molar refractivity (Wildman–Crippen MR) is 147 cm³/mol. The number of aliphatic hydroxyl groups is 1. The molecule has 2 aromatic carbocycles. The molecular formula is C30H39N3O5. The van der Waals surface area contributed by atoms with E-state index < -0.39 is 47.7 Å². The number of aliphatic hydroxyl groups excluding tert-OH is 1. The van der Waals surface area contributed by atoms with Crippen molar-refractivity contribution in [2.75, 3.05) is 13.2 Å². The summed E-state index contributed by atoms with van der Waals surface area (Å²) in [5, 5.41) is 15.5. The van der Waals surface area contributed by atoms with E-state index >= 15 is 0 Å². The number of ether oxygens (including phenoxy) is 1. The smallest absolute Gasteiger partial charge is 0.408 e. The van der Waals surface area contributed by atoms with Gasteiger partial charge >= 0.3 is 6.09 Å². The second kappa shape index (κ2) is 13.1. The van der Waals surface area contributed by atoms with E-state index in [0.717, 1.165) is 5.56 Å². The molecule has 0 bridgehead atoms. The van der Waals surface area contributed by atoms with Gasteiger partial charge in [0.2, 0.25) is 11.8 Å². The van der Waals surface area contributed by atoms with E-state index in [0.29, 0.717) is 11.1 Å². The van der Waals surface area contributed by atoms with Crippen LogP contribution < -0.4 is 10.6 Å². The summed E-state index contributed by atoms with van der Waals surface area (Å²) in [7, 11) is 0. The predicted octanol–water partition coefficient (Wildman–Crippen LogP) is 3.58. The number of terminal acetylenes is 1. The first kappa shape index (κ1) is 30.4. The summed E-state index contributed by atoms with van der Waals surface area (Å²) in [5.74, 6) is 1.58. The molecule has 38 heavy (non-hydrogen) atoms. The number of amides is 3. The summed E-state index contributed by atoms with van der Waals surface area (Å²) >= 11 is 0. The molecule has 204 valence electrons. The molecule has 0 fully saturated rings. The van der Waals surface area contributed by atoms with Gasteiger partial charge in [-0.1, -0.05) is 48.4 Å². The summed E-state index contributed by atoms with van der Waals surface area (Å²) in [6.45, 7) is 10.2. The van der Waals surface area contributed by atoms with Crippen LogP contribution in [0.25, 0.3) is 0 Å². The van der Waals surface area contributed by atoms with Crippen molar-refractivity contribution in [3.8, 4) is 12.3 Å². The minimum atomic E-state index is -1.08. The monoisotopic (exact) mass is 521 g/mol. The molecule has 0 saturated carbocycles. The van der Waals surface area contributed by atoms with Crippen LogP contribution in [0.3, 0.4) is 0 Å². The van der Waals surface area contributed by atoms with Crippen molar-refractivity contribution in [2.45, 2.75) is 71.2 Å². The average Bonchev–Trinajstić information content (AvgIpc) is 2.81. The summed E-state index contributed by atoms with van der Waals surface area (Å²) in [6.07, 6.45) is 4.90. The van der Waals surface area contributed by atoms with Crippen LogP contribution in [0.1, 0.15) is 64.3 Å². The number of hydrogen-bond donors (Lipinski definition) is 3. The highest BCUT2D eigenvalue weighted by molar-refractivity contribution is 5.92. The standard InChI is InChI=1S/C30H39N3O5/c1-8-21-14-16-23(17-15-21)25(26(35)32-29(2,3)4)33(18-19-34)27(36)24(20-22-12-10-9-11-13-22)31-28(37)38-30(5,6)7/h1,9-17,24-25,34H,18-20H2,2-7H3,(H,31,37)(H,32,35). The molecule has 0 radical (unpaired) electrons. The van der Waals surface area contributed by atoms with Crippen molar-refractivity contribution in [3.63, 3.8) is 0 Å². The molecule has 0 aliphatic rings. The maximum Gasteiger partial charge on any atom is 0.408 e. The summed E-state index contributed by atoms with van der Waals surface area (Å²) in [4.78, 5) is 41.7. The number of rotatable bonds is 9. The molecule has 8 nitrogen and oxygen atoms in total. The fourth-order valence-corrected chi connectivity index (χ4v) is 3.85. The molecule has 0 aromatic heterocycles. The SMILES string of the molecule is C#Cc1ccc(C(C(=O)NC(C)(C)C)N(CCO)C(=O)C(Cc2ccccc2)NC(=O)OC(C)(C)C)cc1. The van der Waals surface area contributed by atoms with E-state index in [2.05, 4.69) is 16.6 Å². The van der Waals surface area contributed by atoms with Gasteiger partial charge in [-0.15, -0.1) is 6.42 Å². The Morgan fingerprint density at radius 2 is 1.61 bits per heavy atom. The van der Waals surface area contributed by atoms with Crippen LogP contribution in [0.5, 0.6) is 0 Å². The number of carbonyl (C=O) groups is 3. The highest BCUT2D eigenvalue weighted by Gasteiger charge is 2.37. The van der Waals surface area contributed by atoms with E-state index in [4.69, 9.17) is 11.2 Å². The van der Waals surface area contributed by atoms with Crippen LogP contribution in [0.15, 0.2) is 54.6 Å². The van der Waals surface area contributed by atoms with Crippen molar-refractivity contribution in [1.82, 2.24) is 15.5 Å². The molecule has 0 spiro atoms. The van der Waals surface area contributed by atoms with Crippen molar-refractivity contribution in [2.24, 2.45) is 0 Å². The topological polar surface area (TPSA) is 108 Å². The lowest BCUT2D eigenvalue weighted by molar-refractivity contribution is -0.143. The zero-order valence-corrected chi connectivity index (χ0v) is 23.1. The van der Waals surface area contributed by atoms with E-state index in [1.807, 2.05) is 51.1 Å². The van der Waals surface area contributed by atoms with Gasteiger partial charge in [-0.05, 0) is 64.8 Å². The Balaban J connectivity index is 2.54. The molecule has 0 heterocycles. The molecule has 0 aliphatic carbocycles. The van der Waals surface area contributed by atoms with E-state index in [-0.39, 0.29) is 13.0 Å². The number of nitrogens with one attached hydrogen (secondary N) is 2. The first-order chi connectivity index (χ1) is 17.7. The molecular weight excluding hydrogens is 482 g/mol. The lowest BCUT2D eigenvalue weighted by Crippen LogP contribution is -2.55. The lowest BCUT2D eigenvalue weighted by Gasteiger charge is -2.35. The first-order valence-corrected chi connectivity index (χ1v) is 12.6. The largest absolute Gasteiger partial charge is 0.444 e. The van der Waals surface area contributed by atoms with Gasteiger partial charge < -0.3 is 25.4 Å². The third-order valence-electron chi connectivity index (χ3n) is 5.35. The summed E-state index contributed by atoms with van der Waals surface area (Å²) < 4.78 is 5.41. The minimum Gasteiger partial charge on any atom is -0.444 e. The van der Waals surface area contributed by atoms with Crippen molar-refractivity contribution < 1.29 is 24.2 Å². The Morgan fingerprint density at radius 3 is 2.11 bits per heavy atom. The Bertz CT molecular complexity index is 1130. The Labute approximate surface area is 225 Å². The van der Waals surface area contributed by atoms with Crippen LogP contribution in [0, 0.1) is 12.3 Å². The molecule has 3 N–H and O–H groups in total. The summed E-state index contributed by atoms with van der Waals surface area (Å²) in [5.41, 5.74) is 0.587. The average molecular weight is 522 g/mol. The molecule has 8 heteroatoms. The fraction of sp³-hybridized carbons (Fsp3) is 0.433. The van der Waals surface area contributed by atoms with Gasteiger partial charge in [0.25, 0.3) is 0 Å². The number of nitrogens with zero attached hydrogens (tertiary/aromatic N) is 1. The van der Waals surface area contributed by atoms with Gasteiger partial charge in [-0.25, -0.2) is 4.79 Å². The normalized spacial score (nSPS) is 13.0. The van der Waals surface area contributed by atoms with Crippen molar-refractivity contribution in [3.05, 3.63) is 71.3 Å². The first-order valence-electron chi connectivity index (χ1n) is 12.6. The molecule has 2 rings (SSSR count). The molecule has 2 aromatic rings. The van der Waals surface area contributed by atoms with E-state index in [1.165, 1.54) is 4.90 Å². The number of alkyl carbamates (subject to hydrolysis) is 1. The molecule has 3 amide bonds. The van der Waals surface area contributed by atoms with Crippen LogP contribution in [-0.2, 0) is 20.7 Å². The van der Waals surface area contributed by atoms with Gasteiger partial charge in [-0.2, -0.15) is 0 Å². The van der Waals surface area contributed by atoms with Crippen LogP contribution >= 0.6 is 0 Å². The Morgan fingerprint density at radius 1 is 1.00 bits per heavy atom. The van der Waals surface area contributed by atoms with E-state index in [9.17, 15) is 19.5 Å². The third-order valence-corrected chi connectivity index (χ3v) is 5.35. The second-order valence-electron chi connectivity index (χ2n) is 11.1. The Kier molecular flexibility index (Phi) is 10.5. The van der Waals surface area contributed by atoms with Gasteiger partial charge in [-0.3, -0.25) is 9.59 Å². The fourth-order valence-electron chi connectivity index (χ4n) is 3.85. The number of carbonyl (C=O) groups excluding carboxylic acids is 3. The van der Waals surface area contributed by atoms with Crippen molar-refractivity contribution >= 4 is 17.9 Å². The lowest BCUT2D eigenvalue weighted by atomic mass is 9.98. The maximum absolute atomic E-state index is 14.1. The van der Waals surface area contributed by atoms with Crippen LogP contribution in [0.4, 0.5) is 4.79 Å². The zero-order chi connectivity index (χ0) is 28.5. The highest BCUT2D eigenvalue weighted by atomic mass is 16.6. The molecule has 2 atom stereocenters. The molecule has 0 aliphatic heterocycles. The number of benzene rings is 2. The highest BCUT2D eigenvalue weighted by Crippen LogP contribution is 2.25. The van der Waals surface area contributed by atoms with Crippen molar-refractivity contribution in [1.29, 1.82) is 0 Å². The minimum absolute atomic E-state index is 0.140. The quantitative estimate of drug-likeness (QED) is 0.437. The maximum atomic E-state index is 14.1. The molecule has 0 saturated heterocycles. The van der Waals surface area contributed by atoms with Gasteiger partial charge in [0.05, 0.1) is 6.61 Å². The van der Waals surface area contributed by atoms with Gasteiger partial charge in [0.1, 0.15) is 17.7 Å². The number of hydrogen-bond acceptors (Lipinski definition) is 5. The zero-order valence-electron chi connectivity index (χ0n) is 23.1. The van der Waals surface area contributed by atoms with Gasteiger partial charge in [0, 0.05) is 24.1 Å².